The molecule has 1 fully saturated rings. The maximum atomic E-state index is 5.88. The molecule has 0 spiro atoms. The van der Waals surface area contributed by atoms with Gasteiger partial charge in [-0.3, -0.25) is 4.40 Å². The van der Waals surface area contributed by atoms with E-state index in [1.807, 2.05) is 10.6 Å². The van der Waals surface area contributed by atoms with Gasteiger partial charge in [0.2, 0.25) is 0 Å². The monoisotopic (exact) mass is 423 g/mol. The van der Waals surface area contributed by atoms with Crippen LogP contribution in [0, 0.1) is 0 Å². The third kappa shape index (κ3) is 2.35. The molecule has 0 saturated carbocycles. The first kappa shape index (κ1) is 14.0. The molecule has 7 heteroatoms. The van der Waals surface area contributed by atoms with Crippen molar-refractivity contribution >= 4 is 51.2 Å². The number of hydrogen-bond donors (Lipinski definition) is 2. The fraction of sp³-hybridized carbons (Fsp3) is 0.455. The predicted molar refractivity (Wildman–Crippen MR) is 85.4 cm³/mol. The number of aromatic nitrogens is 3. The van der Waals surface area contributed by atoms with E-state index in [2.05, 4.69) is 31.2 Å². The van der Waals surface area contributed by atoms with E-state index in [4.69, 9.17) is 5.73 Å². The number of piperidine rings is 1. The highest BCUT2D eigenvalue weighted by atomic mass is 127. The van der Waals surface area contributed by atoms with Gasteiger partial charge in [0.1, 0.15) is 15.9 Å². The third-order valence-corrected chi connectivity index (χ3v) is 3.78. The van der Waals surface area contributed by atoms with Crippen LogP contribution >= 0.6 is 39.9 Å². The smallest absolute Gasteiger partial charge is 0.150 e. The molecule has 0 radical (unpaired) electrons. The molecule has 2 aromatic rings. The highest BCUT2D eigenvalue weighted by Crippen LogP contribution is 2.29. The minimum absolute atomic E-state index is 0. The number of fused-ring (bicyclic) bond motifs is 1. The van der Waals surface area contributed by atoms with Gasteiger partial charge in [-0.25, -0.2) is 9.97 Å². The molecule has 98 valence electrons. The van der Waals surface area contributed by atoms with Crippen molar-refractivity contribution in [3.63, 3.8) is 0 Å². The molecule has 3 N–H and O–H groups in total. The molecular weight excluding hydrogens is 409 g/mol. The van der Waals surface area contributed by atoms with Crippen LogP contribution in [0.15, 0.2) is 17.0 Å². The Labute approximate surface area is 131 Å². The van der Waals surface area contributed by atoms with E-state index in [0.717, 1.165) is 29.0 Å². The van der Waals surface area contributed by atoms with Crippen molar-refractivity contribution in [2.24, 2.45) is 0 Å². The van der Waals surface area contributed by atoms with Gasteiger partial charge >= 0.3 is 0 Å². The average Bonchev–Trinajstić information content (AvgIpc) is 2.69. The SMILES string of the molecule is I.Nc1nccn2c([C@H]3CCCNC3)nc(Br)c12. The summed E-state index contributed by atoms with van der Waals surface area (Å²) in [4.78, 5) is 8.69. The Morgan fingerprint density at radius 1 is 1.50 bits per heavy atom. The molecule has 0 bridgehead atoms. The van der Waals surface area contributed by atoms with Gasteiger partial charge < -0.3 is 11.1 Å². The standard InChI is InChI=1S/C11H14BrN5.HI/c12-9-8-10(13)15-4-5-17(8)11(16-9)7-2-1-3-14-6-7;/h4-5,7,14H,1-3,6H2,(H2,13,15);1H/t7-;/m0./s1. The quantitative estimate of drug-likeness (QED) is 0.689. The van der Waals surface area contributed by atoms with Crippen molar-refractivity contribution in [1.29, 1.82) is 0 Å². The van der Waals surface area contributed by atoms with Gasteiger partial charge in [-0.1, -0.05) is 0 Å². The lowest BCUT2D eigenvalue weighted by molar-refractivity contribution is 0.445. The molecule has 3 heterocycles. The molecule has 1 atom stereocenters. The summed E-state index contributed by atoms with van der Waals surface area (Å²) in [6.07, 6.45) is 6.00. The topological polar surface area (TPSA) is 68.2 Å². The Balaban J connectivity index is 0.00000120. The Morgan fingerprint density at radius 3 is 3.06 bits per heavy atom. The van der Waals surface area contributed by atoms with Crippen LogP contribution in [-0.4, -0.2) is 27.5 Å². The molecule has 3 rings (SSSR count). The van der Waals surface area contributed by atoms with Gasteiger partial charge in [0, 0.05) is 24.9 Å². The second-order valence-electron chi connectivity index (χ2n) is 4.34. The molecule has 1 saturated heterocycles. The lowest BCUT2D eigenvalue weighted by Gasteiger charge is -2.21. The summed E-state index contributed by atoms with van der Waals surface area (Å²) in [6.45, 7) is 2.08. The lowest BCUT2D eigenvalue weighted by atomic mass is 9.99. The maximum Gasteiger partial charge on any atom is 0.150 e. The molecule has 0 aromatic carbocycles. The number of nitrogen functional groups attached to an aromatic ring is 1. The van der Waals surface area contributed by atoms with Gasteiger partial charge in [-0.05, 0) is 35.3 Å². The van der Waals surface area contributed by atoms with E-state index in [-0.39, 0.29) is 24.0 Å². The summed E-state index contributed by atoms with van der Waals surface area (Å²) >= 11 is 3.46. The van der Waals surface area contributed by atoms with Crippen molar-refractivity contribution in [3.05, 3.63) is 22.8 Å². The number of anilines is 1. The zero-order valence-electron chi connectivity index (χ0n) is 9.77. The summed E-state index contributed by atoms with van der Waals surface area (Å²) in [5.74, 6) is 2.03. The first-order chi connectivity index (χ1) is 8.27. The molecule has 5 nitrogen and oxygen atoms in total. The molecule has 0 unspecified atom stereocenters. The van der Waals surface area contributed by atoms with E-state index in [1.165, 1.54) is 12.8 Å². The minimum Gasteiger partial charge on any atom is -0.382 e. The van der Waals surface area contributed by atoms with E-state index in [1.54, 1.807) is 6.20 Å². The Hall–Kier alpha value is -0.410. The van der Waals surface area contributed by atoms with Crippen LogP contribution in [0.4, 0.5) is 5.82 Å². The molecule has 18 heavy (non-hydrogen) atoms. The van der Waals surface area contributed by atoms with E-state index >= 15 is 0 Å². The van der Waals surface area contributed by atoms with Crippen LogP contribution in [-0.2, 0) is 0 Å². The van der Waals surface area contributed by atoms with Gasteiger partial charge in [0.25, 0.3) is 0 Å². The number of halogens is 2. The molecular formula is C11H15BrIN5. The number of nitrogens with zero attached hydrogens (tertiary/aromatic N) is 3. The number of rotatable bonds is 1. The van der Waals surface area contributed by atoms with E-state index in [9.17, 15) is 0 Å². The first-order valence-electron chi connectivity index (χ1n) is 5.76. The van der Waals surface area contributed by atoms with Gasteiger partial charge in [0.05, 0.1) is 0 Å². The Morgan fingerprint density at radius 2 is 2.33 bits per heavy atom. The predicted octanol–water partition coefficient (Wildman–Crippen LogP) is 2.16. The number of nitrogens with one attached hydrogen (secondary N) is 1. The number of imidazole rings is 1. The minimum atomic E-state index is 0. The summed E-state index contributed by atoms with van der Waals surface area (Å²) in [6, 6.07) is 0. The molecule has 2 aromatic heterocycles. The van der Waals surface area contributed by atoms with Crippen molar-refractivity contribution in [2.75, 3.05) is 18.8 Å². The second kappa shape index (κ2) is 5.70. The molecule has 1 aliphatic heterocycles. The Bertz CT molecular complexity index is 550. The molecule has 0 amide bonds. The lowest BCUT2D eigenvalue weighted by Crippen LogP contribution is -2.29. The molecule has 1 aliphatic rings. The van der Waals surface area contributed by atoms with E-state index < -0.39 is 0 Å². The number of hydrogen-bond acceptors (Lipinski definition) is 4. The van der Waals surface area contributed by atoms with Crippen LogP contribution in [0.5, 0.6) is 0 Å². The maximum absolute atomic E-state index is 5.88. The van der Waals surface area contributed by atoms with Gasteiger partial charge in [0.15, 0.2) is 5.82 Å². The fourth-order valence-electron chi connectivity index (χ4n) is 2.40. The highest BCUT2D eigenvalue weighted by Gasteiger charge is 2.22. The second-order valence-corrected chi connectivity index (χ2v) is 5.09. The fourth-order valence-corrected chi connectivity index (χ4v) is 2.98. The highest BCUT2D eigenvalue weighted by molar-refractivity contribution is 14.0. The van der Waals surface area contributed by atoms with Crippen LogP contribution in [0.25, 0.3) is 5.52 Å². The van der Waals surface area contributed by atoms with Crippen LogP contribution in [0.2, 0.25) is 0 Å². The first-order valence-corrected chi connectivity index (χ1v) is 6.55. The average molecular weight is 424 g/mol. The van der Waals surface area contributed by atoms with Crippen molar-refractivity contribution < 1.29 is 0 Å². The third-order valence-electron chi connectivity index (χ3n) is 3.23. The van der Waals surface area contributed by atoms with Crippen LogP contribution in [0.3, 0.4) is 0 Å². The van der Waals surface area contributed by atoms with Gasteiger partial charge in [-0.2, -0.15) is 0 Å². The summed E-state index contributed by atoms with van der Waals surface area (Å²) in [5.41, 5.74) is 6.75. The van der Waals surface area contributed by atoms with Crippen LogP contribution in [0.1, 0.15) is 24.6 Å². The van der Waals surface area contributed by atoms with Crippen molar-refractivity contribution in [1.82, 2.24) is 19.7 Å². The van der Waals surface area contributed by atoms with Gasteiger partial charge in [-0.15, -0.1) is 24.0 Å². The zero-order chi connectivity index (χ0) is 11.8. The summed E-state index contributed by atoms with van der Waals surface area (Å²) < 4.78 is 2.83. The Kier molecular flexibility index (Phi) is 4.44. The largest absolute Gasteiger partial charge is 0.382 e. The van der Waals surface area contributed by atoms with Crippen LogP contribution < -0.4 is 11.1 Å². The summed E-state index contributed by atoms with van der Waals surface area (Å²) in [7, 11) is 0. The van der Waals surface area contributed by atoms with Crippen molar-refractivity contribution in [2.45, 2.75) is 18.8 Å². The van der Waals surface area contributed by atoms with E-state index in [0.29, 0.717) is 11.7 Å². The normalized spacial score (nSPS) is 19.7. The zero-order valence-corrected chi connectivity index (χ0v) is 13.7. The van der Waals surface area contributed by atoms with Crippen molar-refractivity contribution in [3.8, 4) is 0 Å². The summed E-state index contributed by atoms with van der Waals surface area (Å²) in [5, 5.41) is 3.41. The molecule has 0 aliphatic carbocycles. The number of nitrogens with two attached hydrogens (primary N) is 1.